The van der Waals surface area contributed by atoms with E-state index in [-0.39, 0.29) is 17.1 Å². The van der Waals surface area contributed by atoms with E-state index in [4.69, 9.17) is 15.1 Å². The lowest BCUT2D eigenvalue weighted by molar-refractivity contribution is 0.00607. The van der Waals surface area contributed by atoms with Gasteiger partial charge in [-0.3, -0.25) is 4.68 Å². The van der Waals surface area contributed by atoms with Crippen molar-refractivity contribution in [1.82, 2.24) is 29.5 Å². The third-order valence-corrected chi connectivity index (χ3v) is 6.92. The molecule has 5 rings (SSSR count). The number of carbonyl (C=O) groups excluding carboxylic acids is 1. The van der Waals surface area contributed by atoms with Crippen LogP contribution in [0.15, 0.2) is 36.7 Å². The van der Waals surface area contributed by atoms with Crippen LogP contribution >= 0.6 is 0 Å². The first kappa shape index (κ1) is 28.1. The zero-order chi connectivity index (χ0) is 29.5. The number of esters is 1. The summed E-state index contributed by atoms with van der Waals surface area (Å²) in [5, 5.41) is 18.3. The van der Waals surface area contributed by atoms with Gasteiger partial charge in [-0.05, 0) is 71.1 Å². The molecule has 0 atom stereocenters. The van der Waals surface area contributed by atoms with Crippen molar-refractivity contribution < 1.29 is 18.3 Å². The van der Waals surface area contributed by atoms with Gasteiger partial charge in [0.1, 0.15) is 23.2 Å². The van der Waals surface area contributed by atoms with Crippen molar-refractivity contribution in [3.8, 4) is 23.1 Å². The highest BCUT2D eigenvalue weighted by atomic mass is 19.3. The van der Waals surface area contributed by atoms with Crippen LogP contribution in [0.2, 0.25) is 0 Å². The van der Waals surface area contributed by atoms with Gasteiger partial charge in [0.2, 0.25) is 0 Å². The largest absolute Gasteiger partial charge is 0.456 e. The van der Waals surface area contributed by atoms with Crippen LogP contribution in [-0.2, 0) is 17.7 Å². The quantitative estimate of drug-likeness (QED) is 0.247. The lowest BCUT2D eigenvalue weighted by atomic mass is 10.0. The topological polar surface area (TPSA) is 112 Å². The summed E-state index contributed by atoms with van der Waals surface area (Å²) in [4.78, 5) is 21.4. The number of aromatic nitrogens is 6. The highest BCUT2D eigenvalue weighted by Gasteiger charge is 2.32. The highest BCUT2D eigenvalue weighted by Crippen LogP contribution is 2.34. The minimum atomic E-state index is -2.99. The Hall–Kier alpha value is -4.46. The van der Waals surface area contributed by atoms with Gasteiger partial charge in [-0.2, -0.15) is 15.5 Å². The SMILES string of the molecule is Cc1nn(-c2cc(Cc3c(C)c(-c4ccc(C#N)cc4)nn3CC3CC3)ncn2)c(C(F)F)c1C(=O)OC(C)(C)C. The number of hydrogen-bond donors (Lipinski definition) is 0. The van der Waals surface area contributed by atoms with E-state index in [0.29, 0.717) is 23.6 Å². The van der Waals surface area contributed by atoms with Gasteiger partial charge in [0.05, 0.1) is 28.7 Å². The Bertz CT molecular complexity index is 1640. The molecule has 4 aromatic rings. The molecule has 1 aliphatic rings. The number of nitrogens with zero attached hydrogens (tertiary/aromatic N) is 7. The molecule has 3 aromatic heterocycles. The number of rotatable bonds is 8. The van der Waals surface area contributed by atoms with Crippen LogP contribution in [0.3, 0.4) is 0 Å². The first-order valence-electron chi connectivity index (χ1n) is 13.4. The van der Waals surface area contributed by atoms with E-state index in [2.05, 4.69) is 21.1 Å². The van der Waals surface area contributed by atoms with Crippen molar-refractivity contribution in [2.45, 2.75) is 72.5 Å². The third kappa shape index (κ3) is 6.01. The van der Waals surface area contributed by atoms with Gasteiger partial charge >= 0.3 is 5.97 Å². The monoisotopic (exact) mass is 559 g/mol. The van der Waals surface area contributed by atoms with Crippen molar-refractivity contribution in [3.63, 3.8) is 0 Å². The molecular formula is C30H31F2N7O2. The van der Waals surface area contributed by atoms with Crippen LogP contribution in [0.1, 0.15) is 84.3 Å². The molecule has 1 aliphatic carbocycles. The molecule has 0 aliphatic heterocycles. The van der Waals surface area contributed by atoms with Gasteiger partial charge in [-0.15, -0.1) is 0 Å². The van der Waals surface area contributed by atoms with Crippen LogP contribution in [0, 0.1) is 31.1 Å². The minimum absolute atomic E-state index is 0.125. The Morgan fingerprint density at radius 3 is 2.46 bits per heavy atom. The van der Waals surface area contributed by atoms with E-state index in [1.807, 2.05) is 23.7 Å². The van der Waals surface area contributed by atoms with Crippen LogP contribution in [-0.4, -0.2) is 41.1 Å². The van der Waals surface area contributed by atoms with Crippen LogP contribution < -0.4 is 0 Å². The smallest absolute Gasteiger partial charge is 0.342 e. The average molecular weight is 560 g/mol. The second kappa shape index (κ2) is 10.8. The molecule has 1 aromatic carbocycles. The molecule has 1 fully saturated rings. The van der Waals surface area contributed by atoms with Gasteiger partial charge in [0.25, 0.3) is 6.43 Å². The number of hydrogen-bond acceptors (Lipinski definition) is 7. The Balaban J connectivity index is 1.52. The van der Waals surface area contributed by atoms with Crippen molar-refractivity contribution >= 4 is 5.97 Å². The molecule has 0 N–H and O–H groups in total. The molecule has 1 saturated carbocycles. The number of aryl methyl sites for hydroxylation is 1. The predicted molar refractivity (Wildman–Crippen MR) is 147 cm³/mol. The summed E-state index contributed by atoms with van der Waals surface area (Å²) in [7, 11) is 0. The number of nitriles is 1. The highest BCUT2D eigenvalue weighted by molar-refractivity contribution is 5.92. The van der Waals surface area contributed by atoms with Gasteiger partial charge in [-0.25, -0.2) is 28.2 Å². The van der Waals surface area contributed by atoms with Gasteiger partial charge in [-0.1, -0.05) is 12.1 Å². The molecule has 3 heterocycles. The number of carbonyl (C=O) groups is 1. The first-order valence-corrected chi connectivity index (χ1v) is 13.4. The summed E-state index contributed by atoms with van der Waals surface area (Å²) in [6.45, 7) is 9.29. The third-order valence-electron chi connectivity index (χ3n) is 6.92. The summed E-state index contributed by atoms with van der Waals surface area (Å²) in [5.41, 5.74) is 3.27. The number of alkyl halides is 2. The summed E-state index contributed by atoms with van der Waals surface area (Å²) in [5.74, 6) is -0.169. The lowest BCUT2D eigenvalue weighted by Crippen LogP contribution is -2.25. The Kier molecular flexibility index (Phi) is 7.43. The van der Waals surface area contributed by atoms with Crippen LogP contribution in [0.4, 0.5) is 8.78 Å². The molecule has 9 nitrogen and oxygen atoms in total. The molecule has 212 valence electrons. The number of halogens is 2. The second-order valence-corrected chi connectivity index (χ2v) is 11.3. The van der Waals surface area contributed by atoms with Crippen molar-refractivity contribution in [2.75, 3.05) is 0 Å². The molecule has 0 radical (unpaired) electrons. The normalized spacial score (nSPS) is 13.4. The minimum Gasteiger partial charge on any atom is -0.456 e. The Morgan fingerprint density at radius 2 is 1.85 bits per heavy atom. The lowest BCUT2D eigenvalue weighted by Gasteiger charge is -2.19. The molecular weight excluding hydrogens is 528 g/mol. The summed E-state index contributed by atoms with van der Waals surface area (Å²) < 4.78 is 37.0. The van der Waals surface area contributed by atoms with E-state index in [1.165, 1.54) is 13.3 Å². The summed E-state index contributed by atoms with van der Waals surface area (Å²) >= 11 is 0. The maximum Gasteiger partial charge on any atom is 0.342 e. The van der Waals surface area contributed by atoms with Gasteiger partial charge in [0.15, 0.2) is 5.82 Å². The van der Waals surface area contributed by atoms with Gasteiger partial charge < -0.3 is 4.74 Å². The average Bonchev–Trinajstić information content (AvgIpc) is 3.59. The van der Waals surface area contributed by atoms with Crippen molar-refractivity contribution in [3.05, 3.63) is 76.1 Å². The maximum absolute atomic E-state index is 14.3. The number of ether oxygens (including phenoxy) is 1. The van der Waals surface area contributed by atoms with Gasteiger partial charge in [0, 0.05) is 30.3 Å². The van der Waals surface area contributed by atoms with E-state index >= 15 is 0 Å². The zero-order valence-electron chi connectivity index (χ0n) is 23.7. The Labute approximate surface area is 236 Å². The van der Waals surface area contributed by atoms with Crippen LogP contribution in [0.25, 0.3) is 17.1 Å². The fraction of sp³-hybridized carbons (Fsp3) is 0.400. The fourth-order valence-electron chi connectivity index (χ4n) is 4.76. The standard InChI is InChI=1S/C30H31F2N7O2/c1-17-23(38(15-20-6-7-20)37-26(17)21-10-8-19(14-33)9-11-21)12-22-13-24(35-16-34-22)39-27(28(31)32)25(18(2)36-39)29(40)41-30(3,4)5/h8-11,13,16,20,28H,6-7,12,15H2,1-5H3. The summed E-state index contributed by atoms with van der Waals surface area (Å²) in [6.07, 6.45) is 1.01. The molecule has 0 unspecified atom stereocenters. The van der Waals surface area contributed by atoms with E-state index in [1.54, 1.807) is 39.0 Å². The first-order chi connectivity index (χ1) is 19.4. The van der Waals surface area contributed by atoms with Crippen molar-refractivity contribution in [2.24, 2.45) is 5.92 Å². The second-order valence-electron chi connectivity index (χ2n) is 11.3. The van der Waals surface area contributed by atoms with Crippen LogP contribution in [0.5, 0.6) is 0 Å². The van der Waals surface area contributed by atoms with E-state index in [0.717, 1.165) is 46.6 Å². The molecule has 0 amide bonds. The van der Waals surface area contributed by atoms with E-state index < -0.39 is 23.7 Å². The molecule has 11 heteroatoms. The molecule has 0 bridgehead atoms. The molecule has 0 spiro atoms. The van der Waals surface area contributed by atoms with Crippen molar-refractivity contribution in [1.29, 1.82) is 5.26 Å². The number of benzene rings is 1. The Morgan fingerprint density at radius 1 is 1.15 bits per heavy atom. The fourth-order valence-corrected chi connectivity index (χ4v) is 4.76. The summed E-state index contributed by atoms with van der Waals surface area (Å²) in [6, 6.07) is 11.0. The molecule has 0 saturated heterocycles. The van der Waals surface area contributed by atoms with E-state index in [9.17, 15) is 13.6 Å². The maximum atomic E-state index is 14.3. The zero-order valence-corrected chi connectivity index (χ0v) is 23.7. The predicted octanol–water partition coefficient (Wildman–Crippen LogP) is 5.91. The molecule has 41 heavy (non-hydrogen) atoms.